The van der Waals surface area contributed by atoms with Crippen molar-refractivity contribution in [2.45, 2.75) is 77.8 Å². The molecule has 2 aromatic carbocycles. The van der Waals surface area contributed by atoms with Gasteiger partial charge in [-0.3, -0.25) is 9.11 Å². The fourth-order valence-corrected chi connectivity index (χ4v) is 5.30. The highest BCUT2D eigenvalue weighted by Gasteiger charge is 3.02. The van der Waals surface area contributed by atoms with Crippen LogP contribution >= 0.6 is 0 Å². The van der Waals surface area contributed by atoms with E-state index in [1.165, 1.54) is 0 Å². The SMILES string of the molecule is COC1(F)C(F)(F)C(F)(F)C1(F)Oc1ccc(-c2ccc(C)c(CC(F)(F)OC(F)(F)C(F)(F)S(=O)(=O)O)c2)cc1C(F)(F)C(F)(F)OC(F)(F)C(F)(F)S(=O)(=O)O. The highest BCUT2D eigenvalue weighted by atomic mass is 32.2. The summed E-state index contributed by atoms with van der Waals surface area (Å²) in [5, 5.41) is -14.0. The van der Waals surface area contributed by atoms with Crippen molar-refractivity contribution in [1.29, 1.82) is 0 Å². The Morgan fingerprint density at radius 2 is 1.02 bits per heavy atom. The number of ether oxygens (including phenoxy) is 4. The zero-order valence-corrected chi connectivity index (χ0v) is 28.8. The number of hydrogen-bond acceptors (Lipinski definition) is 8. The molecule has 1 aliphatic carbocycles. The predicted molar refractivity (Wildman–Crippen MR) is 144 cm³/mol. The minimum Gasteiger partial charge on any atom is -0.447 e. The fraction of sp³-hybridized carbons (Fsp3) is 0.538. The topological polar surface area (TPSA) is 146 Å². The third kappa shape index (κ3) is 7.27. The summed E-state index contributed by atoms with van der Waals surface area (Å²) in [7, 11) is -15.0. The smallest absolute Gasteiger partial charge is 0.447 e. The maximum absolute atomic E-state index is 15.5. The molecule has 0 aromatic heterocycles. The van der Waals surface area contributed by atoms with Crippen LogP contribution in [0.1, 0.15) is 16.7 Å². The molecule has 10 nitrogen and oxygen atoms in total. The molecule has 58 heavy (non-hydrogen) atoms. The molecule has 332 valence electrons. The average Bonchev–Trinajstić information content (AvgIpc) is 3.02. The Bertz CT molecular complexity index is 2150. The largest absolute Gasteiger partial charge is 0.460 e. The first kappa shape index (κ1) is 48.9. The predicted octanol–water partition coefficient (Wildman–Crippen LogP) is 8.30. The average molecular weight is 932 g/mol. The minimum absolute atomic E-state index is 0.0595. The van der Waals surface area contributed by atoms with Gasteiger partial charge in [-0.05, 0) is 41.3 Å². The second-order valence-corrected chi connectivity index (χ2v) is 14.6. The summed E-state index contributed by atoms with van der Waals surface area (Å²) < 4.78 is 356. The van der Waals surface area contributed by atoms with E-state index in [1.807, 2.05) is 4.74 Å². The number of aryl methyl sites for hydroxylation is 1. The lowest BCUT2D eigenvalue weighted by Crippen LogP contribution is -2.88. The van der Waals surface area contributed by atoms with E-state index in [0.29, 0.717) is 12.1 Å². The van der Waals surface area contributed by atoms with Crippen LogP contribution in [-0.2, 0) is 46.8 Å². The molecule has 2 unspecified atom stereocenters. The lowest BCUT2D eigenvalue weighted by Gasteiger charge is -2.55. The first-order valence-electron chi connectivity index (χ1n) is 14.0. The van der Waals surface area contributed by atoms with Gasteiger partial charge in [-0.15, -0.1) is 0 Å². The van der Waals surface area contributed by atoms with Crippen molar-refractivity contribution >= 4 is 20.2 Å². The summed E-state index contributed by atoms with van der Waals surface area (Å²) in [6.45, 7) is 0.797. The van der Waals surface area contributed by atoms with E-state index in [-0.39, 0.29) is 19.2 Å². The molecule has 3 rings (SSSR count). The van der Waals surface area contributed by atoms with E-state index in [9.17, 15) is 91.5 Å². The molecule has 0 radical (unpaired) electrons. The Kier molecular flexibility index (Phi) is 11.6. The minimum atomic E-state index is -7.55. The molecule has 32 heteroatoms. The van der Waals surface area contributed by atoms with Crippen molar-refractivity contribution in [2.24, 2.45) is 0 Å². The summed E-state index contributed by atoms with van der Waals surface area (Å²) in [4.78, 5) is 0. The molecule has 1 fully saturated rings. The van der Waals surface area contributed by atoms with E-state index in [2.05, 4.69) is 14.2 Å². The summed E-state index contributed by atoms with van der Waals surface area (Å²) in [5.74, 6) is -34.3. The Morgan fingerprint density at radius 3 is 1.47 bits per heavy atom. The molecule has 2 aromatic rings. The van der Waals surface area contributed by atoms with Crippen molar-refractivity contribution in [3.05, 3.63) is 53.1 Å². The van der Waals surface area contributed by atoms with E-state index >= 15 is 13.2 Å². The summed E-state index contributed by atoms with van der Waals surface area (Å²) >= 11 is 0. The van der Waals surface area contributed by atoms with Gasteiger partial charge in [0, 0.05) is 7.11 Å². The standard InChI is InChI=1S/C26H16F20O10S2/c1-10-3-4-11(7-13(10)9-16(27,28)55-23(39,40)25(43,44)57(47,48)49)12-5-6-15(54-21(36)19(33,34)18(31,32)20(21,35)53-2)14(8-12)17(29,30)22(37,38)56-24(41,42)26(45,46)58(50,51)52/h3-8H,9H2,1-2H3,(H,47,48,49)(H,50,51,52). The van der Waals surface area contributed by atoms with Crippen LogP contribution in [0.4, 0.5) is 87.8 Å². The third-order valence-corrected chi connectivity index (χ3v) is 9.54. The summed E-state index contributed by atoms with van der Waals surface area (Å²) in [6.07, 6.45) is -29.5. The molecule has 0 heterocycles. The van der Waals surface area contributed by atoms with Gasteiger partial charge >= 0.3 is 84.7 Å². The fourth-order valence-electron chi connectivity index (χ4n) is 4.62. The van der Waals surface area contributed by atoms with Crippen molar-refractivity contribution in [3.63, 3.8) is 0 Å². The van der Waals surface area contributed by atoms with Crippen molar-refractivity contribution in [2.75, 3.05) is 7.11 Å². The molecular formula is C26H16F20O10S2. The molecule has 0 bridgehead atoms. The number of alkyl halides is 20. The van der Waals surface area contributed by atoms with Gasteiger partial charge in [0.15, 0.2) is 0 Å². The molecule has 1 saturated carbocycles. The Labute approximate surface area is 308 Å². The van der Waals surface area contributed by atoms with Crippen LogP contribution in [0.2, 0.25) is 0 Å². The Hall–Kier alpha value is -3.46. The van der Waals surface area contributed by atoms with E-state index in [1.54, 1.807) is 0 Å². The molecule has 0 aliphatic heterocycles. The molecule has 0 saturated heterocycles. The molecule has 0 spiro atoms. The monoisotopic (exact) mass is 932 g/mol. The number of hydrogen-bond donors (Lipinski definition) is 2. The van der Waals surface area contributed by atoms with Crippen molar-refractivity contribution in [1.82, 2.24) is 0 Å². The lowest BCUT2D eigenvalue weighted by molar-refractivity contribution is -0.539. The van der Waals surface area contributed by atoms with E-state index in [4.69, 9.17) is 9.11 Å². The Balaban J connectivity index is 2.27. The van der Waals surface area contributed by atoms with Crippen LogP contribution < -0.4 is 4.74 Å². The zero-order chi connectivity index (χ0) is 45.7. The van der Waals surface area contributed by atoms with Gasteiger partial charge in [-0.1, -0.05) is 24.3 Å². The van der Waals surface area contributed by atoms with E-state index < -0.39 is 137 Å². The summed E-state index contributed by atoms with van der Waals surface area (Å²) in [5.41, 5.74) is -7.15. The van der Waals surface area contributed by atoms with Gasteiger partial charge in [0.05, 0.1) is 12.0 Å². The second kappa shape index (κ2) is 13.8. The van der Waals surface area contributed by atoms with Gasteiger partial charge < -0.3 is 9.47 Å². The van der Waals surface area contributed by atoms with E-state index in [0.717, 1.165) is 6.92 Å². The van der Waals surface area contributed by atoms with Crippen molar-refractivity contribution in [3.8, 4) is 16.9 Å². The summed E-state index contributed by atoms with van der Waals surface area (Å²) in [6, 6.07) is 0.227. The highest BCUT2D eigenvalue weighted by Crippen LogP contribution is 2.69. The van der Waals surface area contributed by atoms with Crippen molar-refractivity contribution < 1.29 is 133 Å². The van der Waals surface area contributed by atoms with Gasteiger partial charge in [0.25, 0.3) is 0 Å². The second-order valence-electron chi connectivity index (χ2n) is 11.6. The first-order valence-corrected chi connectivity index (χ1v) is 16.9. The number of methoxy groups -OCH3 is 1. The highest BCUT2D eigenvalue weighted by molar-refractivity contribution is 7.87. The maximum atomic E-state index is 15.5. The van der Waals surface area contributed by atoms with Crippen LogP contribution in [0.15, 0.2) is 36.4 Å². The van der Waals surface area contributed by atoms with Gasteiger partial charge in [0.1, 0.15) is 5.75 Å². The molecule has 2 N–H and O–H groups in total. The normalized spacial score (nSPS) is 22.4. The van der Waals surface area contributed by atoms with Crippen LogP contribution in [0, 0.1) is 6.92 Å². The third-order valence-electron chi connectivity index (χ3n) is 7.77. The van der Waals surface area contributed by atoms with Gasteiger partial charge in [-0.2, -0.15) is 105 Å². The zero-order valence-electron chi connectivity index (χ0n) is 27.2. The van der Waals surface area contributed by atoms with Gasteiger partial charge in [0.2, 0.25) is 0 Å². The first-order chi connectivity index (χ1) is 25.4. The number of halogens is 20. The molecule has 2 atom stereocenters. The number of rotatable bonds is 16. The molecule has 0 amide bonds. The molecular weight excluding hydrogens is 916 g/mol. The van der Waals surface area contributed by atoms with Crippen LogP contribution in [-0.4, -0.2) is 91.5 Å². The van der Waals surface area contributed by atoms with Crippen LogP contribution in [0.25, 0.3) is 11.1 Å². The lowest BCUT2D eigenvalue weighted by atomic mass is 9.76. The van der Waals surface area contributed by atoms with Gasteiger partial charge in [-0.25, -0.2) is 9.47 Å². The van der Waals surface area contributed by atoms with Crippen LogP contribution in [0.3, 0.4) is 0 Å². The molecule has 1 aliphatic rings. The quantitative estimate of drug-likeness (QED) is 0.125. The number of benzene rings is 2. The van der Waals surface area contributed by atoms with Crippen LogP contribution in [0.5, 0.6) is 5.75 Å². The Morgan fingerprint density at radius 1 is 0.603 bits per heavy atom. The maximum Gasteiger partial charge on any atom is 0.460 e.